The highest BCUT2D eigenvalue weighted by molar-refractivity contribution is 7.74. The van der Waals surface area contributed by atoms with E-state index in [0.29, 0.717) is 0 Å². The molecular formula is C2HO6S-. The minimum Gasteiger partial charge on any atom is -0.740 e. The smallest absolute Gasteiger partial charge is 0.529 e. The first-order valence-electron chi connectivity index (χ1n) is 1.58. The molecule has 0 saturated carbocycles. The van der Waals surface area contributed by atoms with Gasteiger partial charge in [-0.3, -0.25) is 4.79 Å². The normalized spacial score (nSPS) is 11.7. The summed E-state index contributed by atoms with van der Waals surface area (Å²) in [6, 6.07) is 0. The average Bonchev–Trinajstić information content (AvgIpc) is 1.63. The molecule has 9 heavy (non-hydrogen) atoms. The van der Waals surface area contributed by atoms with Crippen LogP contribution in [0.25, 0.3) is 0 Å². The van der Waals surface area contributed by atoms with E-state index in [4.69, 9.17) is 0 Å². The Hall–Kier alpha value is -0.950. The van der Waals surface area contributed by atoms with Gasteiger partial charge in [0.15, 0.2) is 0 Å². The van der Waals surface area contributed by atoms with E-state index in [1.54, 1.807) is 0 Å². The Kier molecular flexibility index (Phi) is 3.56. The minimum atomic E-state index is -2.98. The van der Waals surface area contributed by atoms with E-state index in [1.165, 1.54) is 0 Å². The van der Waals surface area contributed by atoms with Gasteiger partial charge in [0.2, 0.25) is 0 Å². The second-order valence-corrected chi connectivity index (χ2v) is 1.33. The molecule has 0 fully saturated rings. The van der Waals surface area contributed by atoms with Gasteiger partial charge in [0.25, 0.3) is 0 Å². The Morgan fingerprint density at radius 2 is 2.22 bits per heavy atom. The maximum atomic E-state index is 9.78. The van der Waals surface area contributed by atoms with E-state index in [1.807, 2.05) is 0 Å². The quantitative estimate of drug-likeness (QED) is 0.220. The van der Waals surface area contributed by atoms with Crippen molar-refractivity contribution in [2.75, 3.05) is 0 Å². The zero-order chi connectivity index (χ0) is 7.28. The van der Waals surface area contributed by atoms with Crippen molar-refractivity contribution in [3.63, 3.8) is 0 Å². The molecule has 0 aliphatic heterocycles. The fourth-order valence-electron chi connectivity index (χ4n) is 0.114. The first kappa shape index (κ1) is 8.05. The SMILES string of the molecule is O=COC(=O)OS(=O)[O-]. The molecule has 7 heteroatoms. The van der Waals surface area contributed by atoms with Crippen LogP contribution in [0, 0.1) is 0 Å². The van der Waals surface area contributed by atoms with Crippen molar-refractivity contribution in [2.45, 2.75) is 0 Å². The van der Waals surface area contributed by atoms with Gasteiger partial charge in [0.1, 0.15) is 11.4 Å². The highest BCUT2D eigenvalue weighted by Gasteiger charge is 2.00. The van der Waals surface area contributed by atoms with Crippen LogP contribution in [0.5, 0.6) is 0 Å². The summed E-state index contributed by atoms with van der Waals surface area (Å²) in [6.45, 7) is -0.241. The van der Waals surface area contributed by atoms with Crippen molar-refractivity contribution in [1.82, 2.24) is 0 Å². The van der Waals surface area contributed by atoms with Crippen LogP contribution in [0.3, 0.4) is 0 Å². The van der Waals surface area contributed by atoms with Crippen molar-refractivity contribution >= 4 is 24.0 Å². The summed E-state index contributed by atoms with van der Waals surface area (Å²) in [5.74, 6) is 0. The third kappa shape index (κ3) is 4.91. The second-order valence-electron chi connectivity index (χ2n) is 0.752. The lowest BCUT2D eigenvalue weighted by Crippen LogP contribution is -2.07. The van der Waals surface area contributed by atoms with E-state index < -0.39 is 17.5 Å². The molecule has 6 nitrogen and oxygen atoms in total. The molecule has 0 aromatic carbocycles. The topological polar surface area (TPSA) is 92.7 Å². The zero-order valence-electron chi connectivity index (χ0n) is 3.94. The lowest BCUT2D eigenvalue weighted by atomic mass is 11.3. The highest BCUT2D eigenvalue weighted by Crippen LogP contribution is 1.83. The predicted molar refractivity (Wildman–Crippen MR) is 22.5 cm³/mol. The van der Waals surface area contributed by atoms with Crippen LogP contribution in [0.15, 0.2) is 0 Å². The van der Waals surface area contributed by atoms with Crippen LogP contribution >= 0.6 is 0 Å². The van der Waals surface area contributed by atoms with Crippen LogP contribution in [0.2, 0.25) is 0 Å². The number of rotatable bonds is 2. The highest BCUT2D eigenvalue weighted by atomic mass is 32.2. The fourth-order valence-corrected chi connectivity index (χ4v) is 0.265. The summed E-state index contributed by atoms with van der Waals surface area (Å²) in [5.41, 5.74) is 0. The van der Waals surface area contributed by atoms with Crippen LogP contribution in [0.4, 0.5) is 4.79 Å². The molecule has 0 bridgehead atoms. The van der Waals surface area contributed by atoms with Crippen LogP contribution in [-0.4, -0.2) is 21.4 Å². The van der Waals surface area contributed by atoms with Crippen molar-refractivity contribution in [3.8, 4) is 0 Å². The maximum absolute atomic E-state index is 9.78. The lowest BCUT2D eigenvalue weighted by molar-refractivity contribution is -0.124. The summed E-state index contributed by atoms with van der Waals surface area (Å²) in [5, 5.41) is 0. The molecular weight excluding hydrogens is 152 g/mol. The fraction of sp³-hybridized carbons (Fsp3) is 0. The molecule has 0 heterocycles. The van der Waals surface area contributed by atoms with Crippen molar-refractivity contribution in [3.05, 3.63) is 0 Å². The van der Waals surface area contributed by atoms with Crippen molar-refractivity contribution in [1.29, 1.82) is 0 Å². The number of carbonyl (C=O) groups is 2. The first-order chi connectivity index (χ1) is 4.16. The van der Waals surface area contributed by atoms with E-state index in [0.717, 1.165) is 0 Å². The summed E-state index contributed by atoms with van der Waals surface area (Å²) in [6.07, 6.45) is -1.57. The average molecular weight is 153 g/mol. The molecule has 1 atom stereocenters. The van der Waals surface area contributed by atoms with Crippen LogP contribution in [-0.2, 0) is 25.1 Å². The van der Waals surface area contributed by atoms with Crippen LogP contribution in [0.1, 0.15) is 0 Å². The minimum absolute atomic E-state index is 0.241. The maximum Gasteiger partial charge on any atom is 0.529 e. The molecule has 52 valence electrons. The van der Waals surface area contributed by atoms with E-state index in [2.05, 4.69) is 8.92 Å². The Morgan fingerprint density at radius 1 is 1.67 bits per heavy atom. The molecule has 1 unspecified atom stereocenters. The molecule has 0 amide bonds. The van der Waals surface area contributed by atoms with Gasteiger partial charge in [-0.25, -0.2) is 9.00 Å². The summed E-state index contributed by atoms with van der Waals surface area (Å²) in [7, 11) is 0. The summed E-state index contributed by atoms with van der Waals surface area (Å²) >= 11 is -2.98. The Labute approximate surface area is 52.2 Å². The third-order valence-electron chi connectivity index (χ3n) is 0.280. The second kappa shape index (κ2) is 3.98. The molecule has 0 rings (SSSR count). The van der Waals surface area contributed by atoms with Gasteiger partial charge in [-0.05, 0) is 0 Å². The zero-order valence-corrected chi connectivity index (χ0v) is 4.75. The Balaban J connectivity index is 3.50. The van der Waals surface area contributed by atoms with Crippen molar-refractivity contribution in [2.24, 2.45) is 0 Å². The van der Waals surface area contributed by atoms with Crippen LogP contribution < -0.4 is 0 Å². The molecule has 0 aliphatic rings. The first-order valence-corrected chi connectivity index (χ1v) is 2.58. The largest absolute Gasteiger partial charge is 0.740 e. The van der Waals surface area contributed by atoms with Gasteiger partial charge in [-0.2, -0.15) is 0 Å². The monoisotopic (exact) mass is 153 g/mol. The van der Waals surface area contributed by atoms with E-state index in [9.17, 15) is 18.4 Å². The molecule has 0 N–H and O–H groups in total. The van der Waals surface area contributed by atoms with Crippen molar-refractivity contribution < 1.29 is 27.3 Å². The number of carbonyl (C=O) groups excluding carboxylic acids is 2. The summed E-state index contributed by atoms with van der Waals surface area (Å²) < 4.78 is 25.6. The molecule has 0 aromatic rings. The van der Waals surface area contributed by atoms with Gasteiger partial charge in [-0.1, -0.05) is 0 Å². The molecule has 0 aromatic heterocycles. The number of hydrogen-bond donors (Lipinski definition) is 0. The van der Waals surface area contributed by atoms with Gasteiger partial charge in [0.05, 0.1) is 0 Å². The van der Waals surface area contributed by atoms with Gasteiger partial charge in [-0.15, -0.1) is 0 Å². The predicted octanol–water partition coefficient (Wildman–Crippen LogP) is -0.910. The van der Waals surface area contributed by atoms with E-state index >= 15 is 0 Å². The molecule has 0 saturated heterocycles. The molecule has 0 aliphatic carbocycles. The Bertz CT molecular complexity index is 140. The van der Waals surface area contributed by atoms with Gasteiger partial charge >= 0.3 is 12.6 Å². The molecule has 0 spiro atoms. The third-order valence-corrected chi connectivity index (χ3v) is 0.553. The summed E-state index contributed by atoms with van der Waals surface area (Å²) in [4.78, 5) is 19.1. The van der Waals surface area contributed by atoms with Gasteiger partial charge < -0.3 is 13.5 Å². The lowest BCUT2D eigenvalue weighted by Gasteiger charge is -2.00. The van der Waals surface area contributed by atoms with E-state index in [-0.39, 0.29) is 6.47 Å². The molecule has 0 radical (unpaired) electrons. The number of ether oxygens (including phenoxy) is 1. The number of hydrogen-bond acceptors (Lipinski definition) is 6. The standard InChI is InChI=1S/C2H2O6S/c3-1-7-2(4)8-9(5)6/h1H,(H,5,6)/p-1. The Morgan fingerprint density at radius 3 is 2.56 bits per heavy atom. The van der Waals surface area contributed by atoms with Gasteiger partial charge in [0, 0.05) is 0 Å².